The van der Waals surface area contributed by atoms with Gasteiger partial charge in [-0.15, -0.1) is 0 Å². The molecule has 1 aromatic heterocycles. The van der Waals surface area contributed by atoms with Crippen molar-refractivity contribution >= 4 is 5.82 Å². The number of nitrogen functional groups attached to an aromatic ring is 1. The van der Waals surface area contributed by atoms with Crippen LogP contribution in [-0.4, -0.2) is 24.7 Å². The molecule has 1 aliphatic heterocycles. The second kappa shape index (κ2) is 5.98. The first-order valence-corrected chi connectivity index (χ1v) is 6.30. The van der Waals surface area contributed by atoms with Crippen LogP contribution in [0, 0.1) is 0 Å². The van der Waals surface area contributed by atoms with E-state index in [1.807, 2.05) is 19.2 Å². The van der Waals surface area contributed by atoms with Gasteiger partial charge in [-0.3, -0.25) is 0 Å². The summed E-state index contributed by atoms with van der Waals surface area (Å²) in [5.41, 5.74) is 6.98. The van der Waals surface area contributed by atoms with Crippen LogP contribution in [0.3, 0.4) is 0 Å². The minimum absolute atomic E-state index is 0.229. The third-order valence-electron chi connectivity index (χ3n) is 3.37. The van der Waals surface area contributed by atoms with Gasteiger partial charge in [-0.25, -0.2) is 4.98 Å². The Kier molecular flexibility index (Phi) is 4.34. The number of pyridine rings is 1. The van der Waals surface area contributed by atoms with E-state index in [1.165, 1.54) is 12.8 Å². The first-order valence-electron chi connectivity index (χ1n) is 6.30. The van der Waals surface area contributed by atoms with Gasteiger partial charge in [-0.1, -0.05) is 6.07 Å². The Morgan fingerprint density at radius 2 is 2.47 bits per heavy atom. The maximum atomic E-state index is 5.91. The molecule has 1 aromatic rings. The van der Waals surface area contributed by atoms with Crippen LogP contribution in [0.4, 0.5) is 5.82 Å². The molecule has 1 aliphatic rings. The van der Waals surface area contributed by atoms with Crippen molar-refractivity contribution < 1.29 is 4.74 Å². The molecule has 0 saturated carbocycles. The van der Waals surface area contributed by atoms with Crippen LogP contribution in [0.5, 0.6) is 0 Å². The molecule has 3 N–H and O–H groups in total. The second-order valence-electron chi connectivity index (χ2n) is 4.54. The summed E-state index contributed by atoms with van der Waals surface area (Å²) >= 11 is 0. The number of ether oxygens (including phenoxy) is 1. The molecule has 2 unspecified atom stereocenters. The summed E-state index contributed by atoms with van der Waals surface area (Å²) in [6, 6.07) is 4.19. The largest absolute Gasteiger partial charge is 0.383 e. The van der Waals surface area contributed by atoms with Gasteiger partial charge in [0.05, 0.1) is 6.10 Å². The fourth-order valence-corrected chi connectivity index (χ4v) is 2.38. The normalized spacial score (nSPS) is 22.3. The van der Waals surface area contributed by atoms with Gasteiger partial charge in [-0.05, 0) is 38.8 Å². The molecular weight excluding hydrogens is 214 g/mol. The lowest BCUT2D eigenvalue weighted by atomic mass is 9.97. The van der Waals surface area contributed by atoms with Gasteiger partial charge in [0.15, 0.2) is 0 Å². The fraction of sp³-hybridized carbons (Fsp3) is 0.615. The van der Waals surface area contributed by atoms with Gasteiger partial charge in [0, 0.05) is 24.4 Å². The summed E-state index contributed by atoms with van der Waals surface area (Å²) in [5, 5.41) is 3.31. The van der Waals surface area contributed by atoms with Crippen molar-refractivity contribution in [2.75, 3.05) is 19.4 Å². The van der Waals surface area contributed by atoms with E-state index < -0.39 is 0 Å². The molecule has 4 nitrogen and oxygen atoms in total. The van der Waals surface area contributed by atoms with Crippen molar-refractivity contribution in [2.24, 2.45) is 0 Å². The SMILES string of the molecule is CNC(CC1CCCCO1)c1cccnc1N. The summed E-state index contributed by atoms with van der Waals surface area (Å²) in [4.78, 5) is 4.14. The predicted octanol–water partition coefficient (Wildman–Crippen LogP) is 1.88. The Morgan fingerprint density at radius 1 is 1.59 bits per heavy atom. The number of nitrogens with one attached hydrogen (secondary N) is 1. The van der Waals surface area contributed by atoms with Crippen molar-refractivity contribution in [2.45, 2.75) is 37.8 Å². The molecule has 0 aliphatic carbocycles. The summed E-state index contributed by atoms with van der Waals surface area (Å²) in [6.07, 6.45) is 6.65. The molecule has 2 rings (SSSR count). The monoisotopic (exact) mass is 235 g/mol. The summed E-state index contributed by atoms with van der Waals surface area (Å²) in [6.45, 7) is 0.892. The number of nitrogens with zero attached hydrogens (tertiary/aromatic N) is 1. The Bertz CT molecular complexity index is 350. The number of anilines is 1. The lowest BCUT2D eigenvalue weighted by molar-refractivity contribution is 0.00551. The standard InChI is InChI=1S/C13H21N3O/c1-15-12(9-10-5-2-3-8-17-10)11-6-4-7-16-13(11)14/h4,6-7,10,12,15H,2-3,5,8-9H2,1H3,(H2,14,16). The highest BCUT2D eigenvalue weighted by atomic mass is 16.5. The maximum absolute atomic E-state index is 5.91. The zero-order valence-corrected chi connectivity index (χ0v) is 10.4. The predicted molar refractivity (Wildman–Crippen MR) is 68.7 cm³/mol. The number of aromatic nitrogens is 1. The van der Waals surface area contributed by atoms with Crippen LogP contribution in [0.1, 0.15) is 37.3 Å². The van der Waals surface area contributed by atoms with Crippen LogP contribution in [0.25, 0.3) is 0 Å². The zero-order chi connectivity index (χ0) is 12.1. The lowest BCUT2D eigenvalue weighted by Gasteiger charge is -2.27. The van der Waals surface area contributed by atoms with Crippen LogP contribution in [0.2, 0.25) is 0 Å². The summed E-state index contributed by atoms with van der Waals surface area (Å²) in [7, 11) is 1.96. The molecule has 0 aromatic carbocycles. The average molecular weight is 235 g/mol. The van der Waals surface area contributed by atoms with Gasteiger partial charge in [0.2, 0.25) is 0 Å². The Morgan fingerprint density at radius 3 is 3.12 bits per heavy atom. The Balaban J connectivity index is 2.03. The molecule has 0 bridgehead atoms. The lowest BCUT2D eigenvalue weighted by Crippen LogP contribution is -2.27. The smallest absolute Gasteiger partial charge is 0.128 e. The molecule has 94 valence electrons. The van der Waals surface area contributed by atoms with Crippen LogP contribution in [0.15, 0.2) is 18.3 Å². The van der Waals surface area contributed by atoms with E-state index in [2.05, 4.69) is 10.3 Å². The highest BCUT2D eigenvalue weighted by Gasteiger charge is 2.21. The first-order chi connectivity index (χ1) is 8.31. The van der Waals surface area contributed by atoms with Gasteiger partial charge < -0.3 is 15.8 Å². The average Bonchev–Trinajstić information content (AvgIpc) is 2.38. The van der Waals surface area contributed by atoms with Crippen molar-refractivity contribution in [1.82, 2.24) is 10.3 Å². The number of hydrogen-bond acceptors (Lipinski definition) is 4. The third kappa shape index (κ3) is 3.17. The first kappa shape index (κ1) is 12.3. The highest BCUT2D eigenvalue weighted by molar-refractivity contribution is 5.40. The molecule has 2 heterocycles. The molecule has 0 spiro atoms. The molecule has 1 saturated heterocycles. The van der Waals surface area contributed by atoms with Gasteiger partial charge in [0.1, 0.15) is 5.82 Å². The maximum Gasteiger partial charge on any atom is 0.128 e. The van der Waals surface area contributed by atoms with Crippen molar-refractivity contribution in [1.29, 1.82) is 0 Å². The minimum Gasteiger partial charge on any atom is -0.383 e. The van der Waals surface area contributed by atoms with Gasteiger partial charge in [-0.2, -0.15) is 0 Å². The van der Waals surface area contributed by atoms with E-state index in [0.717, 1.165) is 25.0 Å². The third-order valence-corrected chi connectivity index (χ3v) is 3.37. The van der Waals surface area contributed by atoms with Gasteiger partial charge >= 0.3 is 0 Å². The van der Waals surface area contributed by atoms with E-state index in [4.69, 9.17) is 10.5 Å². The second-order valence-corrected chi connectivity index (χ2v) is 4.54. The quantitative estimate of drug-likeness (QED) is 0.836. The van der Waals surface area contributed by atoms with E-state index in [9.17, 15) is 0 Å². The topological polar surface area (TPSA) is 60.2 Å². The molecule has 0 amide bonds. The van der Waals surface area contributed by atoms with E-state index in [-0.39, 0.29) is 6.04 Å². The zero-order valence-electron chi connectivity index (χ0n) is 10.4. The van der Waals surface area contributed by atoms with Crippen molar-refractivity contribution in [3.8, 4) is 0 Å². The summed E-state index contributed by atoms with van der Waals surface area (Å²) < 4.78 is 5.77. The molecule has 0 radical (unpaired) electrons. The van der Waals surface area contributed by atoms with Crippen LogP contribution >= 0.6 is 0 Å². The van der Waals surface area contributed by atoms with Gasteiger partial charge in [0.25, 0.3) is 0 Å². The molecule has 17 heavy (non-hydrogen) atoms. The number of rotatable bonds is 4. The van der Waals surface area contributed by atoms with E-state index in [0.29, 0.717) is 11.9 Å². The minimum atomic E-state index is 0.229. The molecular formula is C13H21N3O. The molecule has 2 atom stereocenters. The van der Waals surface area contributed by atoms with Crippen LogP contribution in [-0.2, 0) is 4.74 Å². The molecule has 4 heteroatoms. The van der Waals surface area contributed by atoms with E-state index >= 15 is 0 Å². The van der Waals surface area contributed by atoms with Crippen molar-refractivity contribution in [3.63, 3.8) is 0 Å². The van der Waals surface area contributed by atoms with Crippen LogP contribution < -0.4 is 11.1 Å². The number of nitrogens with two attached hydrogens (primary N) is 1. The highest BCUT2D eigenvalue weighted by Crippen LogP contribution is 2.26. The Labute approximate surface area is 103 Å². The Hall–Kier alpha value is -1.13. The van der Waals surface area contributed by atoms with E-state index in [1.54, 1.807) is 6.20 Å². The summed E-state index contributed by atoms with van der Waals surface area (Å²) in [5.74, 6) is 0.614. The molecule has 1 fully saturated rings. The fourth-order valence-electron chi connectivity index (χ4n) is 2.38. The number of hydrogen-bond donors (Lipinski definition) is 2. The van der Waals surface area contributed by atoms with Crippen molar-refractivity contribution in [3.05, 3.63) is 23.9 Å².